The molecule has 5 nitrogen and oxygen atoms in total. The fourth-order valence-electron chi connectivity index (χ4n) is 3.10. The molecule has 0 atom stereocenters. The van der Waals surface area contributed by atoms with Gasteiger partial charge in [-0.25, -0.2) is 9.37 Å². The molecule has 0 saturated heterocycles. The van der Waals surface area contributed by atoms with Crippen molar-refractivity contribution in [2.75, 3.05) is 5.32 Å². The van der Waals surface area contributed by atoms with E-state index in [-0.39, 0.29) is 17.2 Å². The summed E-state index contributed by atoms with van der Waals surface area (Å²) in [6.45, 7) is 0. The SMILES string of the molecule is N=Cc1c(Nc2ccccc2)nc(-c2ccc(Cl)cc2Cl)n(-c2ccc(F)cc2)c1=O. The van der Waals surface area contributed by atoms with E-state index in [1.807, 2.05) is 30.3 Å². The fraction of sp³-hybridized carbons (Fsp3) is 0. The highest BCUT2D eigenvalue weighted by molar-refractivity contribution is 6.36. The molecular formula is C23H15Cl2FN4O. The highest BCUT2D eigenvalue weighted by Crippen LogP contribution is 2.31. The quantitative estimate of drug-likeness (QED) is 0.360. The summed E-state index contributed by atoms with van der Waals surface area (Å²) >= 11 is 12.5. The Hall–Kier alpha value is -3.48. The average molecular weight is 453 g/mol. The topological polar surface area (TPSA) is 70.8 Å². The number of rotatable bonds is 5. The Kier molecular flexibility index (Phi) is 5.84. The van der Waals surface area contributed by atoms with Crippen molar-refractivity contribution in [2.45, 2.75) is 0 Å². The van der Waals surface area contributed by atoms with Gasteiger partial charge in [-0.2, -0.15) is 0 Å². The average Bonchev–Trinajstić information content (AvgIpc) is 2.75. The van der Waals surface area contributed by atoms with Gasteiger partial charge in [0.25, 0.3) is 5.56 Å². The fourth-order valence-corrected chi connectivity index (χ4v) is 3.59. The third kappa shape index (κ3) is 4.21. The van der Waals surface area contributed by atoms with Gasteiger partial charge in [0, 0.05) is 22.5 Å². The van der Waals surface area contributed by atoms with Crippen molar-refractivity contribution in [3.8, 4) is 17.1 Å². The summed E-state index contributed by atoms with van der Waals surface area (Å²) in [5.41, 5.74) is 1.08. The van der Waals surface area contributed by atoms with Crippen LogP contribution in [0.2, 0.25) is 10.0 Å². The van der Waals surface area contributed by atoms with E-state index in [2.05, 4.69) is 10.3 Å². The van der Waals surface area contributed by atoms with Crippen molar-refractivity contribution < 1.29 is 4.39 Å². The second kappa shape index (κ2) is 8.71. The number of para-hydroxylation sites is 1. The molecule has 0 bridgehead atoms. The monoisotopic (exact) mass is 452 g/mol. The molecule has 0 aliphatic heterocycles. The maximum Gasteiger partial charge on any atom is 0.269 e. The van der Waals surface area contributed by atoms with Crippen LogP contribution in [-0.2, 0) is 0 Å². The van der Waals surface area contributed by atoms with Crippen LogP contribution in [0.15, 0.2) is 77.6 Å². The maximum atomic E-state index is 13.5. The van der Waals surface area contributed by atoms with Crippen LogP contribution in [0.3, 0.4) is 0 Å². The lowest BCUT2D eigenvalue weighted by atomic mass is 10.1. The van der Waals surface area contributed by atoms with Gasteiger partial charge in [-0.1, -0.05) is 41.4 Å². The first kappa shape index (κ1) is 20.8. The number of nitrogens with one attached hydrogen (secondary N) is 2. The van der Waals surface area contributed by atoms with Crippen molar-refractivity contribution >= 4 is 40.9 Å². The molecule has 0 spiro atoms. The van der Waals surface area contributed by atoms with Crippen LogP contribution in [0, 0.1) is 11.2 Å². The normalized spacial score (nSPS) is 10.7. The smallest absolute Gasteiger partial charge is 0.269 e. The summed E-state index contributed by atoms with van der Waals surface area (Å²) in [6.07, 6.45) is 0.938. The number of benzene rings is 3. The van der Waals surface area contributed by atoms with E-state index in [1.54, 1.807) is 18.2 Å². The molecule has 0 saturated carbocycles. The molecule has 2 N–H and O–H groups in total. The molecule has 0 unspecified atom stereocenters. The molecule has 31 heavy (non-hydrogen) atoms. The molecule has 154 valence electrons. The van der Waals surface area contributed by atoms with Crippen molar-refractivity contribution in [2.24, 2.45) is 0 Å². The molecule has 0 aliphatic carbocycles. The van der Waals surface area contributed by atoms with Gasteiger partial charge in [0.15, 0.2) is 5.82 Å². The van der Waals surface area contributed by atoms with Crippen LogP contribution in [-0.4, -0.2) is 15.8 Å². The molecule has 0 amide bonds. The summed E-state index contributed by atoms with van der Waals surface area (Å²) in [5, 5.41) is 11.6. The van der Waals surface area contributed by atoms with Crippen LogP contribution in [0.5, 0.6) is 0 Å². The summed E-state index contributed by atoms with van der Waals surface area (Å²) in [6, 6.07) is 19.4. The maximum absolute atomic E-state index is 13.5. The standard InChI is InChI=1S/C23H15Cl2FN4O/c24-14-6-11-18(20(25)12-14)22-29-21(28-16-4-2-1-3-5-16)19(13-27)23(31)30(22)17-9-7-15(26)8-10-17/h1-13,27-28H. The van der Waals surface area contributed by atoms with Crippen LogP contribution in [0.1, 0.15) is 5.56 Å². The molecule has 4 rings (SSSR count). The third-order valence-corrected chi connectivity index (χ3v) is 5.10. The lowest BCUT2D eigenvalue weighted by Gasteiger charge is -2.17. The molecule has 3 aromatic carbocycles. The second-order valence-electron chi connectivity index (χ2n) is 6.57. The van der Waals surface area contributed by atoms with Gasteiger partial charge in [0.05, 0.1) is 10.7 Å². The Morgan fingerprint density at radius 1 is 1.00 bits per heavy atom. The lowest BCUT2D eigenvalue weighted by molar-refractivity contribution is 0.627. The van der Waals surface area contributed by atoms with Crippen LogP contribution >= 0.6 is 23.2 Å². The zero-order valence-electron chi connectivity index (χ0n) is 15.9. The Morgan fingerprint density at radius 2 is 1.71 bits per heavy atom. The molecule has 0 fully saturated rings. The number of anilines is 2. The third-order valence-electron chi connectivity index (χ3n) is 4.56. The van der Waals surface area contributed by atoms with Crippen molar-refractivity contribution in [3.05, 3.63) is 105 Å². The zero-order chi connectivity index (χ0) is 22.0. The number of nitrogens with zero attached hydrogens (tertiary/aromatic N) is 2. The van der Waals surface area contributed by atoms with E-state index in [0.29, 0.717) is 27.0 Å². The van der Waals surface area contributed by atoms with E-state index in [0.717, 1.165) is 6.21 Å². The first-order valence-corrected chi connectivity index (χ1v) is 9.94. The zero-order valence-corrected chi connectivity index (χ0v) is 17.5. The molecule has 1 aromatic heterocycles. The summed E-state index contributed by atoms with van der Waals surface area (Å²) in [5.74, 6) is -0.0154. The van der Waals surface area contributed by atoms with E-state index < -0.39 is 11.4 Å². The van der Waals surface area contributed by atoms with Crippen LogP contribution < -0.4 is 10.9 Å². The van der Waals surface area contributed by atoms with Crippen LogP contribution in [0.25, 0.3) is 17.1 Å². The van der Waals surface area contributed by atoms with Crippen LogP contribution in [0.4, 0.5) is 15.9 Å². The Balaban J connectivity index is 2.02. The van der Waals surface area contributed by atoms with Gasteiger partial charge >= 0.3 is 0 Å². The number of hydrogen-bond acceptors (Lipinski definition) is 4. The number of hydrogen-bond donors (Lipinski definition) is 2. The first-order valence-electron chi connectivity index (χ1n) is 9.19. The molecule has 0 radical (unpaired) electrons. The number of halogens is 3. The minimum absolute atomic E-state index is 0.0435. The van der Waals surface area contributed by atoms with E-state index >= 15 is 0 Å². The molecule has 4 aromatic rings. The van der Waals surface area contributed by atoms with Crippen molar-refractivity contribution in [3.63, 3.8) is 0 Å². The van der Waals surface area contributed by atoms with Gasteiger partial charge < -0.3 is 10.7 Å². The van der Waals surface area contributed by atoms with Crippen molar-refractivity contribution in [1.29, 1.82) is 5.41 Å². The van der Waals surface area contributed by atoms with Gasteiger partial charge in [-0.15, -0.1) is 0 Å². The van der Waals surface area contributed by atoms with Gasteiger partial charge in [0.2, 0.25) is 0 Å². The number of aromatic nitrogens is 2. The Labute approximate surface area is 187 Å². The van der Waals surface area contributed by atoms with E-state index in [4.69, 9.17) is 28.6 Å². The predicted molar refractivity (Wildman–Crippen MR) is 123 cm³/mol. The largest absolute Gasteiger partial charge is 0.339 e. The Morgan fingerprint density at radius 3 is 2.35 bits per heavy atom. The van der Waals surface area contributed by atoms with Crippen molar-refractivity contribution in [1.82, 2.24) is 9.55 Å². The van der Waals surface area contributed by atoms with Gasteiger partial charge in [-0.05, 0) is 54.6 Å². The Bertz CT molecular complexity index is 1320. The summed E-state index contributed by atoms with van der Waals surface area (Å²) < 4.78 is 14.8. The summed E-state index contributed by atoms with van der Waals surface area (Å²) in [7, 11) is 0. The lowest BCUT2D eigenvalue weighted by Crippen LogP contribution is -2.27. The summed E-state index contributed by atoms with van der Waals surface area (Å²) in [4.78, 5) is 18.1. The highest BCUT2D eigenvalue weighted by Gasteiger charge is 2.20. The van der Waals surface area contributed by atoms with Gasteiger partial charge in [0.1, 0.15) is 17.2 Å². The molecule has 8 heteroatoms. The first-order chi connectivity index (χ1) is 15.0. The van der Waals surface area contributed by atoms with Gasteiger partial charge in [-0.3, -0.25) is 9.36 Å². The predicted octanol–water partition coefficient (Wildman–Crippen LogP) is 6.09. The highest BCUT2D eigenvalue weighted by atomic mass is 35.5. The minimum Gasteiger partial charge on any atom is -0.339 e. The molecule has 1 heterocycles. The molecular weight excluding hydrogens is 438 g/mol. The second-order valence-corrected chi connectivity index (χ2v) is 7.42. The molecule has 0 aliphatic rings. The van der Waals surface area contributed by atoms with E-state index in [9.17, 15) is 9.18 Å². The van der Waals surface area contributed by atoms with E-state index in [1.165, 1.54) is 28.8 Å². The minimum atomic E-state index is -0.504.